The maximum Gasteiger partial charge on any atom is 0.0914 e. The third-order valence-electron chi connectivity index (χ3n) is 3.24. The van der Waals surface area contributed by atoms with Crippen LogP contribution in [0.5, 0.6) is 0 Å². The van der Waals surface area contributed by atoms with Gasteiger partial charge in [-0.3, -0.25) is 0 Å². The van der Waals surface area contributed by atoms with Crippen molar-refractivity contribution < 1.29 is 5.11 Å². The van der Waals surface area contributed by atoms with Gasteiger partial charge in [0.1, 0.15) is 0 Å². The summed E-state index contributed by atoms with van der Waals surface area (Å²) in [5.74, 6) is 0. The molecule has 0 aliphatic carbocycles. The van der Waals surface area contributed by atoms with Crippen molar-refractivity contribution in [2.75, 3.05) is 6.54 Å². The normalized spacial score (nSPS) is 14.0. The molecule has 0 bridgehead atoms. The van der Waals surface area contributed by atoms with Gasteiger partial charge in [-0.1, -0.05) is 57.9 Å². The van der Waals surface area contributed by atoms with E-state index in [-0.39, 0.29) is 6.04 Å². The number of hydrogen-bond acceptors (Lipinski definition) is 2. The molecule has 2 aromatic rings. The lowest BCUT2D eigenvalue weighted by Gasteiger charge is -2.19. The molecule has 0 aliphatic rings. The predicted molar refractivity (Wildman–Crippen MR) is 87.0 cm³/mol. The van der Waals surface area contributed by atoms with Crippen LogP contribution in [-0.2, 0) is 0 Å². The molecular weight excluding hydrogens is 338 g/mol. The molecule has 0 fully saturated rings. The largest absolute Gasteiger partial charge is 0.387 e. The minimum Gasteiger partial charge on any atom is -0.387 e. The lowest BCUT2D eigenvalue weighted by atomic mass is 10.1. The fourth-order valence-corrected chi connectivity index (χ4v) is 2.78. The zero-order chi connectivity index (χ0) is 14.5. The van der Waals surface area contributed by atoms with Crippen LogP contribution in [0.1, 0.15) is 30.2 Å². The van der Waals surface area contributed by atoms with Crippen molar-refractivity contribution in [2.45, 2.75) is 19.1 Å². The molecule has 0 saturated heterocycles. The topological polar surface area (TPSA) is 32.3 Å². The SMILES string of the molecule is C[C@H](NCC(O)c1ccc(Cl)cc1)c1ccccc1Br. The van der Waals surface area contributed by atoms with E-state index in [1.165, 1.54) is 5.56 Å². The quantitative estimate of drug-likeness (QED) is 0.829. The van der Waals surface area contributed by atoms with Gasteiger partial charge in [0.2, 0.25) is 0 Å². The van der Waals surface area contributed by atoms with Gasteiger partial charge >= 0.3 is 0 Å². The van der Waals surface area contributed by atoms with Crippen LogP contribution < -0.4 is 5.32 Å². The van der Waals surface area contributed by atoms with E-state index in [0.717, 1.165) is 10.0 Å². The van der Waals surface area contributed by atoms with Crippen molar-refractivity contribution in [1.82, 2.24) is 5.32 Å². The highest BCUT2D eigenvalue weighted by molar-refractivity contribution is 9.10. The first-order chi connectivity index (χ1) is 9.58. The lowest BCUT2D eigenvalue weighted by Crippen LogP contribution is -2.24. The average Bonchev–Trinajstić information content (AvgIpc) is 2.45. The number of hydrogen-bond donors (Lipinski definition) is 2. The van der Waals surface area contributed by atoms with Gasteiger partial charge in [0.15, 0.2) is 0 Å². The maximum atomic E-state index is 10.2. The molecule has 2 aromatic carbocycles. The minimum atomic E-state index is -0.544. The molecule has 2 rings (SSSR count). The van der Waals surface area contributed by atoms with Crippen molar-refractivity contribution in [3.05, 3.63) is 69.2 Å². The van der Waals surface area contributed by atoms with E-state index >= 15 is 0 Å². The summed E-state index contributed by atoms with van der Waals surface area (Å²) in [7, 11) is 0. The monoisotopic (exact) mass is 353 g/mol. The number of benzene rings is 2. The molecular formula is C16H17BrClNO. The fraction of sp³-hybridized carbons (Fsp3) is 0.250. The number of nitrogens with one attached hydrogen (secondary N) is 1. The summed E-state index contributed by atoms with van der Waals surface area (Å²) in [4.78, 5) is 0. The third kappa shape index (κ3) is 4.06. The molecule has 2 N–H and O–H groups in total. The molecule has 0 aliphatic heterocycles. The van der Waals surface area contributed by atoms with Gasteiger partial charge in [0.05, 0.1) is 6.10 Å². The van der Waals surface area contributed by atoms with E-state index in [9.17, 15) is 5.11 Å². The van der Waals surface area contributed by atoms with Crippen LogP contribution in [-0.4, -0.2) is 11.7 Å². The van der Waals surface area contributed by atoms with E-state index in [4.69, 9.17) is 11.6 Å². The van der Waals surface area contributed by atoms with Gasteiger partial charge in [0.25, 0.3) is 0 Å². The highest BCUT2D eigenvalue weighted by Gasteiger charge is 2.12. The summed E-state index contributed by atoms with van der Waals surface area (Å²) >= 11 is 9.38. The molecule has 1 unspecified atom stereocenters. The van der Waals surface area contributed by atoms with Crippen molar-refractivity contribution in [2.24, 2.45) is 0 Å². The molecule has 4 heteroatoms. The third-order valence-corrected chi connectivity index (χ3v) is 4.22. The van der Waals surface area contributed by atoms with Crippen LogP contribution in [0.15, 0.2) is 53.0 Å². The number of aliphatic hydroxyl groups excluding tert-OH is 1. The molecule has 2 nitrogen and oxygen atoms in total. The smallest absolute Gasteiger partial charge is 0.0914 e. The Morgan fingerprint density at radius 1 is 1.15 bits per heavy atom. The van der Waals surface area contributed by atoms with Crippen molar-refractivity contribution in [1.29, 1.82) is 0 Å². The van der Waals surface area contributed by atoms with Crippen LogP contribution in [0.3, 0.4) is 0 Å². The average molecular weight is 355 g/mol. The standard InChI is InChI=1S/C16H17BrClNO/c1-11(14-4-2-3-5-15(14)17)19-10-16(20)12-6-8-13(18)9-7-12/h2-9,11,16,19-20H,10H2,1H3/t11-,16?/m0/s1. The predicted octanol–water partition coefficient (Wildman–Crippen LogP) is 4.49. The first-order valence-electron chi connectivity index (χ1n) is 6.49. The summed E-state index contributed by atoms with van der Waals surface area (Å²) in [6, 6.07) is 15.5. The zero-order valence-electron chi connectivity index (χ0n) is 11.2. The summed E-state index contributed by atoms with van der Waals surface area (Å²) in [6.45, 7) is 2.57. The number of aliphatic hydroxyl groups is 1. The summed E-state index contributed by atoms with van der Waals surface area (Å²) in [5.41, 5.74) is 2.04. The second kappa shape index (κ2) is 7.23. The number of rotatable bonds is 5. The molecule has 0 spiro atoms. The molecule has 0 radical (unpaired) electrons. The van der Waals surface area contributed by atoms with Crippen LogP contribution in [0.25, 0.3) is 0 Å². The van der Waals surface area contributed by atoms with Gasteiger partial charge in [-0.25, -0.2) is 0 Å². The molecule has 0 aromatic heterocycles. The van der Waals surface area contributed by atoms with Crippen molar-refractivity contribution in [3.63, 3.8) is 0 Å². The van der Waals surface area contributed by atoms with Gasteiger partial charge < -0.3 is 10.4 Å². The van der Waals surface area contributed by atoms with Crippen molar-refractivity contribution >= 4 is 27.5 Å². The Balaban J connectivity index is 1.95. The second-order valence-electron chi connectivity index (χ2n) is 4.72. The van der Waals surface area contributed by atoms with E-state index in [0.29, 0.717) is 11.6 Å². The molecule has 0 saturated carbocycles. The van der Waals surface area contributed by atoms with Crippen LogP contribution in [0.2, 0.25) is 5.02 Å². The molecule has 106 valence electrons. The Bertz CT molecular complexity index is 559. The van der Waals surface area contributed by atoms with Gasteiger partial charge in [-0.05, 0) is 36.2 Å². The van der Waals surface area contributed by atoms with Crippen LogP contribution in [0, 0.1) is 0 Å². The van der Waals surface area contributed by atoms with E-state index < -0.39 is 6.10 Å². The molecule has 0 amide bonds. The summed E-state index contributed by atoms with van der Waals surface area (Å²) in [5, 5.41) is 14.2. The minimum absolute atomic E-state index is 0.160. The molecule has 2 atom stereocenters. The van der Waals surface area contributed by atoms with E-state index in [1.807, 2.05) is 30.3 Å². The lowest BCUT2D eigenvalue weighted by molar-refractivity contribution is 0.171. The van der Waals surface area contributed by atoms with Gasteiger partial charge in [0, 0.05) is 22.1 Å². The second-order valence-corrected chi connectivity index (χ2v) is 6.01. The van der Waals surface area contributed by atoms with Gasteiger partial charge in [-0.2, -0.15) is 0 Å². The Morgan fingerprint density at radius 2 is 1.80 bits per heavy atom. The first kappa shape index (κ1) is 15.5. The highest BCUT2D eigenvalue weighted by atomic mass is 79.9. The maximum absolute atomic E-state index is 10.2. The Morgan fingerprint density at radius 3 is 2.45 bits per heavy atom. The molecule has 0 heterocycles. The van der Waals surface area contributed by atoms with E-state index in [2.05, 4.69) is 34.2 Å². The highest BCUT2D eigenvalue weighted by Crippen LogP contribution is 2.23. The number of halogens is 2. The zero-order valence-corrected chi connectivity index (χ0v) is 13.5. The fourth-order valence-electron chi connectivity index (χ4n) is 2.03. The summed E-state index contributed by atoms with van der Waals surface area (Å²) in [6.07, 6.45) is -0.544. The van der Waals surface area contributed by atoms with Gasteiger partial charge in [-0.15, -0.1) is 0 Å². The summed E-state index contributed by atoms with van der Waals surface area (Å²) < 4.78 is 1.07. The first-order valence-corrected chi connectivity index (χ1v) is 7.66. The molecule has 20 heavy (non-hydrogen) atoms. The van der Waals surface area contributed by atoms with Crippen molar-refractivity contribution in [3.8, 4) is 0 Å². The van der Waals surface area contributed by atoms with Crippen LogP contribution >= 0.6 is 27.5 Å². The van der Waals surface area contributed by atoms with E-state index in [1.54, 1.807) is 12.1 Å². The van der Waals surface area contributed by atoms with Crippen LogP contribution in [0.4, 0.5) is 0 Å². The Kier molecular flexibility index (Phi) is 5.61. The Hall–Kier alpha value is -0.870. The Labute approximate surface area is 132 Å².